The van der Waals surface area contributed by atoms with Crippen LogP contribution in [-0.2, 0) is 21.2 Å². The third-order valence-electron chi connectivity index (χ3n) is 6.07. The van der Waals surface area contributed by atoms with Gasteiger partial charge in [-0.3, -0.25) is 4.79 Å². The third-order valence-corrected chi connectivity index (χ3v) is 7.95. The molecule has 1 amide bonds. The summed E-state index contributed by atoms with van der Waals surface area (Å²) >= 11 is 0. The molecule has 0 spiro atoms. The number of nitrogens with zero attached hydrogens (tertiary/aromatic N) is 2. The lowest BCUT2D eigenvalue weighted by Gasteiger charge is -2.32. The number of hydrogen-bond acceptors (Lipinski definition) is 4. The first-order valence-corrected chi connectivity index (χ1v) is 12.4. The van der Waals surface area contributed by atoms with Crippen LogP contribution in [0.3, 0.4) is 0 Å². The number of carbonyl (C=O) groups is 1. The standard InChI is InChI=1S/C24H32FN3O3S/c1-4-18-7-9-19(10-8-18)23(27(2)3)16-26-24(29)20-6-5-15-28(17-20)32(30,31)22-13-11-21(25)12-14-22/h7-14,20,23H,4-6,15-17H2,1-3H3,(H,26,29)/t20-,23-/m1/s1. The number of rotatable bonds is 8. The molecule has 1 N–H and O–H groups in total. The quantitative estimate of drug-likeness (QED) is 0.656. The molecule has 1 aliphatic heterocycles. The Morgan fingerprint density at radius 2 is 1.81 bits per heavy atom. The Bertz CT molecular complexity index is 1010. The predicted molar refractivity (Wildman–Crippen MR) is 123 cm³/mol. The van der Waals surface area contributed by atoms with E-state index in [2.05, 4.69) is 41.4 Å². The number of sulfonamides is 1. The summed E-state index contributed by atoms with van der Waals surface area (Å²) in [5.74, 6) is -1.04. The average Bonchev–Trinajstić information content (AvgIpc) is 2.79. The molecule has 0 unspecified atom stereocenters. The van der Waals surface area contributed by atoms with Crippen LogP contribution in [0.5, 0.6) is 0 Å². The van der Waals surface area contributed by atoms with E-state index < -0.39 is 21.8 Å². The first kappa shape index (κ1) is 24.4. The molecule has 1 fully saturated rings. The van der Waals surface area contributed by atoms with Gasteiger partial charge < -0.3 is 10.2 Å². The fourth-order valence-electron chi connectivity index (χ4n) is 4.05. The number of carbonyl (C=O) groups excluding carboxylic acids is 1. The molecule has 1 heterocycles. The highest BCUT2D eigenvalue weighted by Gasteiger charge is 2.33. The molecule has 2 atom stereocenters. The zero-order valence-electron chi connectivity index (χ0n) is 18.9. The predicted octanol–water partition coefficient (Wildman–Crippen LogP) is 3.21. The van der Waals surface area contributed by atoms with Gasteiger partial charge in [0.25, 0.3) is 0 Å². The van der Waals surface area contributed by atoms with Crippen molar-refractivity contribution >= 4 is 15.9 Å². The summed E-state index contributed by atoms with van der Waals surface area (Å²) in [5, 5.41) is 3.03. The van der Waals surface area contributed by atoms with Gasteiger partial charge >= 0.3 is 0 Å². The number of halogens is 1. The first-order chi connectivity index (χ1) is 15.2. The van der Waals surface area contributed by atoms with E-state index in [1.165, 1.54) is 22.0 Å². The van der Waals surface area contributed by atoms with Crippen LogP contribution < -0.4 is 5.32 Å². The van der Waals surface area contributed by atoms with Gasteiger partial charge in [0.15, 0.2) is 0 Å². The van der Waals surface area contributed by atoms with Gasteiger partial charge in [-0.1, -0.05) is 31.2 Å². The Labute approximate surface area is 190 Å². The molecule has 8 heteroatoms. The zero-order valence-corrected chi connectivity index (χ0v) is 19.7. The number of benzene rings is 2. The Morgan fingerprint density at radius 3 is 2.41 bits per heavy atom. The number of likely N-dealkylation sites (N-methyl/N-ethyl adjacent to an activating group) is 1. The van der Waals surface area contributed by atoms with Crippen LogP contribution >= 0.6 is 0 Å². The molecular formula is C24H32FN3O3S. The number of aryl methyl sites for hydroxylation is 1. The molecule has 0 radical (unpaired) electrons. The molecule has 1 aliphatic rings. The number of amides is 1. The van der Waals surface area contributed by atoms with Crippen molar-refractivity contribution < 1.29 is 17.6 Å². The van der Waals surface area contributed by atoms with E-state index in [-0.39, 0.29) is 23.4 Å². The van der Waals surface area contributed by atoms with E-state index in [1.807, 2.05) is 14.1 Å². The van der Waals surface area contributed by atoms with Crippen molar-refractivity contribution in [3.05, 3.63) is 65.5 Å². The van der Waals surface area contributed by atoms with E-state index in [4.69, 9.17) is 0 Å². The largest absolute Gasteiger partial charge is 0.354 e. The number of piperidine rings is 1. The summed E-state index contributed by atoms with van der Waals surface area (Å²) in [6, 6.07) is 13.2. The zero-order chi connectivity index (χ0) is 23.3. The summed E-state index contributed by atoms with van der Waals surface area (Å²) in [6.45, 7) is 3.04. The summed E-state index contributed by atoms with van der Waals surface area (Å²) < 4.78 is 40.4. The van der Waals surface area contributed by atoms with Crippen molar-refractivity contribution in [2.75, 3.05) is 33.7 Å². The maximum absolute atomic E-state index is 13.2. The fraction of sp³-hybridized carbons (Fsp3) is 0.458. The van der Waals surface area contributed by atoms with Gasteiger partial charge in [-0.25, -0.2) is 12.8 Å². The SMILES string of the molecule is CCc1ccc([C@@H](CNC(=O)[C@@H]2CCCN(S(=O)(=O)c3ccc(F)cc3)C2)N(C)C)cc1. The van der Waals surface area contributed by atoms with Crippen LogP contribution in [0.25, 0.3) is 0 Å². The molecular weight excluding hydrogens is 429 g/mol. The van der Waals surface area contributed by atoms with Crippen molar-refractivity contribution in [2.24, 2.45) is 5.92 Å². The molecule has 0 aliphatic carbocycles. The molecule has 0 bridgehead atoms. The van der Waals surface area contributed by atoms with Crippen molar-refractivity contribution in [3.63, 3.8) is 0 Å². The van der Waals surface area contributed by atoms with E-state index >= 15 is 0 Å². The normalized spacial score (nSPS) is 18.5. The van der Waals surface area contributed by atoms with E-state index in [1.54, 1.807) is 0 Å². The Hall–Kier alpha value is -2.29. The highest BCUT2D eigenvalue weighted by Crippen LogP contribution is 2.25. The van der Waals surface area contributed by atoms with E-state index in [0.29, 0.717) is 25.9 Å². The number of hydrogen-bond donors (Lipinski definition) is 1. The second-order valence-electron chi connectivity index (χ2n) is 8.48. The Balaban J connectivity index is 1.64. The summed E-state index contributed by atoms with van der Waals surface area (Å²) in [4.78, 5) is 15.0. The van der Waals surface area contributed by atoms with Gasteiger partial charge in [-0.05, 0) is 68.8 Å². The lowest BCUT2D eigenvalue weighted by molar-refractivity contribution is -0.126. The molecule has 2 aromatic carbocycles. The smallest absolute Gasteiger partial charge is 0.243 e. The van der Waals surface area contributed by atoms with Crippen molar-refractivity contribution in [3.8, 4) is 0 Å². The highest BCUT2D eigenvalue weighted by molar-refractivity contribution is 7.89. The third kappa shape index (κ3) is 5.74. The minimum absolute atomic E-state index is 0.0208. The molecule has 3 rings (SSSR count). The molecule has 174 valence electrons. The molecule has 0 saturated carbocycles. The molecule has 0 aromatic heterocycles. The summed E-state index contributed by atoms with van der Waals surface area (Å²) in [6.07, 6.45) is 2.22. The monoisotopic (exact) mass is 461 g/mol. The van der Waals surface area contributed by atoms with E-state index in [9.17, 15) is 17.6 Å². The minimum Gasteiger partial charge on any atom is -0.354 e. The topological polar surface area (TPSA) is 69.7 Å². The summed E-state index contributed by atoms with van der Waals surface area (Å²) in [7, 11) is 0.188. The van der Waals surface area contributed by atoms with Gasteiger partial charge in [0, 0.05) is 19.6 Å². The lowest BCUT2D eigenvalue weighted by atomic mass is 9.98. The van der Waals surface area contributed by atoms with Gasteiger partial charge in [0.1, 0.15) is 5.82 Å². The minimum atomic E-state index is -3.76. The number of nitrogens with one attached hydrogen (secondary N) is 1. The van der Waals surface area contributed by atoms with Crippen LogP contribution in [-0.4, -0.2) is 57.3 Å². The van der Waals surface area contributed by atoms with Crippen molar-refractivity contribution in [1.82, 2.24) is 14.5 Å². The van der Waals surface area contributed by atoms with Crippen LogP contribution in [0.15, 0.2) is 53.4 Å². The molecule has 1 saturated heterocycles. The van der Waals surface area contributed by atoms with Crippen molar-refractivity contribution in [1.29, 1.82) is 0 Å². The van der Waals surface area contributed by atoms with Crippen LogP contribution in [0.2, 0.25) is 0 Å². The summed E-state index contributed by atoms with van der Waals surface area (Å²) in [5.41, 5.74) is 2.39. The van der Waals surface area contributed by atoms with Gasteiger partial charge in [-0.2, -0.15) is 4.31 Å². The van der Waals surface area contributed by atoms with Crippen LogP contribution in [0, 0.1) is 11.7 Å². The second-order valence-corrected chi connectivity index (χ2v) is 10.4. The average molecular weight is 462 g/mol. The lowest BCUT2D eigenvalue weighted by Crippen LogP contribution is -2.46. The first-order valence-electron chi connectivity index (χ1n) is 11.0. The molecule has 6 nitrogen and oxygen atoms in total. The van der Waals surface area contributed by atoms with Crippen molar-refractivity contribution in [2.45, 2.75) is 37.1 Å². The fourth-order valence-corrected chi connectivity index (χ4v) is 5.57. The molecule has 2 aromatic rings. The second kappa shape index (κ2) is 10.6. The Kier molecular flexibility index (Phi) is 8.03. The van der Waals surface area contributed by atoms with Crippen LogP contribution in [0.4, 0.5) is 4.39 Å². The molecule has 32 heavy (non-hydrogen) atoms. The van der Waals surface area contributed by atoms with Gasteiger partial charge in [-0.15, -0.1) is 0 Å². The van der Waals surface area contributed by atoms with Gasteiger partial charge in [0.05, 0.1) is 16.9 Å². The van der Waals surface area contributed by atoms with Crippen LogP contribution in [0.1, 0.15) is 36.9 Å². The van der Waals surface area contributed by atoms with Gasteiger partial charge in [0.2, 0.25) is 15.9 Å². The maximum Gasteiger partial charge on any atom is 0.243 e. The maximum atomic E-state index is 13.2. The highest BCUT2D eigenvalue weighted by atomic mass is 32.2. The van der Waals surface area contributed by atoms with E-state index in [0.717, 1.165) is 24.1 Å². The Morgan fingerprint density at radius 1 is 1.16 bits per heavy atom.